The van der Waals surface area contributed by atoms with Crippen LogP contribution in [0.25, 0.3) is 11.5 Å². The van der Waals surface area contributed by atoms with Crippen molar-refractivity contribution in [2.45, 2.75) is 31.8 Å². The molecule has 0 unspecified atom stereocenters. The van der Waals surface area contributed by atoms with E-state index in [4.69, 9.17) is 9.26 Å². The zero-order valence-corrected chi connectivity index (χ0v) is 15.5. The number of pyridine rings is 1. The van der Waals surface area contributed by atoms with Gasteiger partial charge in [0.2, 0.25) is 0 Å². The molecule has 0 N–H and O–H groups in total. The quantitative estimate of drug-likeness (QED) is 0.680. The van der Waals surface area contributed by atoms with Crippen LogP contribution in [-0.2, 0) is 0 Å². The average molecular weight is 376 g/mol. The molecular formula is C21H20N4O3. The molecule has 2 fully saturated rings. The largest absolute Gasteiger partial charge is 0.486 e. The van der Waals surface area contributed by atoms with Crippen LogP contribution in [0.1, 0.15) is 40.6 Å². The predicted octanol–water partition coefficient (Wildman–Crippen LogP) is 3.22. The second-order valence-electron chi connectivity index (χ2n) is 7.31. The van der Waals surface area contributed by atoms with Crippen molar-refractivity contribution < 1.29 is 14.1 Å². The summed E-state index contributed by atoms with van der Waals surface area (Å²) in [5.74, 6) is 2.38. The van der Waals surface area contributed by atoms with E-state index in [-0.39, 0.29) is 12.0 Å². The third-order valence-corrected chi connectivity index (χ3v) is 5.17. The van der Waals surface area contributed by atoms with Gasteiger partial charge in [-0.15, -0.1) is 0 Å². The lowest BCUT2D eigenvalue weighted by Crippen LogP contribution is -2.56. The zero-order valence-electron chi connectivity index (χ0n) is 15.5. The van der Waals surface area contributed by atoms with Gasteiger partial charge in [0.05, 0.1) is 24.2 Å². The van der Waals surface area contributed by atoms with E-state index in [2.05, 4.69) is 15.1 Å². The number of amides is 1. The maximum Gasteiger partial charge on any atom is 0.261 e. The molecule has 5 rings (SSSR count). The van der Waals surface area contributed by atoms with Gasteiger partial charge < -0.3 is 14.2 Å². The molecule has 1 saturated carbocycles. The van der Waals surface area contributed by atoms with Crippen molar-refractivity contribution in [1.82, 2.24) is 20.0 Å². The Morgan fingerprint density at radius 2 is 2.00 bits per heavy atom. The summed E-state index contributed by atoms with van der Waals surface area (Å²) in [5.41, 5.74) is 2.17. The number of para-hydroxylation sites is 1. The highest BCUT2D eigenvalue weighted by atomic mass is 16.5. The first-order chi connectivity index (χ1) is 13.7. The Labute approximate surface area is 162 Å². The van der Waals surface area contributed by atoms with Gasteiger partial charge in [-0.3, -0.25) is 9.78 Å². The molecule has 1 aromatic carbocycles. The van der Waals surface area contributed by atoms with Crippen molar-refractivity contribution in [2.24, 2.45) is 0 Å². The number of ether oxygens (including phenoxy) is 1. The highest BCUT2D eigenvalue weighted by Gasteiger charge is 2.34. The van der Waals surface area contributed by atoms with Crippen LogP contribution >= 0.6 is 0 Å². The standard InChI is InChI=1S/C21H20N4O3/c1-13-16(6-4-10-22-13)21(26)25-11-15(12-25)27-18-7-3-2-5-17(18)20-23-19(24-28-20)14-8-9-14/h2-7,10,14-15H,8-9,11-12H2,1H3. The number of hydrogen-bond donors (Lipinski definition) is 0. The molecule has 7 nitrogen and oxygen atoms in total. The van der Waals surface area contributed by atoms with Gasteiger partial charge >= 0.3 is 0 Å². The number of hydrogen-bond acceptors (Lipinski definition) is 6. The van der Waals surface area contributed by atoms with E-state index in [1.165, 1.54) is 0 Å². The van der Waals surface area contributed by atoms with Crippen molar-refractivity contribution in [3.63, 3.8) is 0 Å². The first-order valence-corrected chi connectivity index (χ1v) is 9.49. The summed E-state index contributed by atoms with van der Waals surface area (Å²) >= 11 is 0. The number of aryl methyl sites for hydroxylation is 1. The Balaban J connectivity index is 1.27. The van der Waals surface area contributed by atoms with E-state index in [1.54, 1.807) is 23.2 Å². The zero-order chi connectivity index (χ0) is 19.1. The second kappa shape index (κ2) is 6.74. The Kier molecular flexibility index (Phi) is 4.07. The number of carbonyl (C=O) groups is 1. The highest BCUT2D eigenvalue weighted by Crippen LogP contribution is 2.39. The van der Waals surface area contributed by atoms with E-state index < -0.39 is 0 Å². The summed E-state index contributed by atoms with van der Waals surface area (Å²) in [6.07, 6.45) is 3.88. The molecular weight excluding hydrogens is 356 g/mol. The first kappa shape index (κ1) is 16.9. The normalized spacial score (nSPS) is 16.7. The topological polar surface area (TPSA) is 81.4 Å². The van der Waals surface area contributed by atoms with Crippen molar-refractivity contribution in [3.8, 4) is 17.2 Å². The molecule has 2 aliphatic rings. The minimum Gasteiger partial charge on any atom is -0.486 e. The van der Waals surface area contributed by atoms with Crippen LogP contribution in [0.15, 0.2) is 47.1 Å². The smallest absolute Gasteiger partial charge is 0.261 e. The number of rotatable bonds is 5. The number of likely N-dealkylation sites (tertiary alicyclic amines) is 1. The highest BCUT2D eigenvalue weighted by molar-refractivity contribution is 5.95. The minimum absolute atomic E-state index is 0.00953. The molecule has 0 radical (unpaired) electrons. The lowest BCUT2D eigenvalue weighted by molar-refractivity contribution is 0.0178. The van der Waals surface area contributed by atoms with Crippen LogP contribution in [0.5, 0.6) is 5.75 Å². The molecule has 142 valence electrons. The lowest BCUT2D eigenvalue weighted by Gasteiger charge is -2.39. The van der Waals surface area contributed by atoms with Crippen LogP contribution in [0, 0.1) is 6.92 Å². The fraction of sp³-hybridized carbons (Fsp3) is 0.333. The Hall–Kier alpha value is -3.22. The summed E-state index contributed by atoms with van der Waals surface area (Å²) in [6, 6.07) is 11.2. The average Bonchev–Trinajstić information content (AvgIpc) is 3.42. The van der Waals surface area contributed by atoms with Gasteiger partial charge in [-0.2, -0.15) is 4.98 Å². The molecule has 0 spiro atoms. The maximum atomic E-state index is 12.6. The molecule has 2 aromatic heterocycles. The summed E-state index contributed by atoms with van der Waals surface area (Å²) in [4.78, 5) is 23.1. The lowest BCUT2D eigenvalue weighted by atomic mass is 10.1. The summed E-state index contributed by atoms with van der Waals surface area (Å²) < 4.78 is 11.6. The fourth-order valence-electron chi connectivity index (χ4n) is 3.34. The Morgan fingerprint density at radius 1 is 1.18 bits per heavy atom. The van der Waals surface area contributed by atoms with Gasteiger partial charge in [-0.1, -0.05) is 17.3 Å². The SMILES string of the molecule is Cc1ncccc1C(=O)N1CC(Oc2ccccc2-c2nc(C3CC3)no2)C1. The van der Waals surface area contributed by atoms with E-state index in [9.17, 15) is 4.79 Å². The summed E-state index contributed by atoms with van der Waals surface area (Å²) in [6.45, 7) is 2.93. The van der Waals surface area contributed by atoms with Gasteiger partial charge in [0.15, 0.2) is 5.82 Å². The van der Waals surface area contributed by atoms with Gasteiger partial charge in [0.1, 0.15) is 11.9 Å². The molecule has 7 heteroatoms. The van der Waals surface area contributed by atoms with Gasteiger partial charge in [-0.05, 0) is 44.0 Å². The summed E-state index contributed by atoms with van der Waals surface area (Å²) in [7, 11) is 0. The molecule has 1 amide bonds. The third kappa shape index (κ3) is 3.13. The van der Waals surface area contributed by atoms with Crippen molar-refractivity contribution in [2.75, 3.05) is 13.1 Å². The Morgan fingerprint density at radius 3 is 2.79 bits per heavy atom. The fourth-order valence-corrected chi connectivity index (χ4v) is 3.34. The van der Waals surface area contributed by atoms with E-state index in [0.29, 0.717) is 36.2 Å². The van der Waals surface area contributed by atoms with E-state index in [1.807, 2.05) is 31.2 Å². The molecule has 3 aromatic rings. The van der Waals surface area contributed by atoms with Gasteiger partial charge in [-0.25, -0.2) is 0 Å². The molecule has 1 aliphatic heterocycles. The third-order valence-electron chi connectivity index (χ3n) is 5.17. The molecule has 0 bridgehead atoms. The molecule has 0 atom stereocenters. The monoisotopic (exact) mass is 376 g/mol. The number of aromatic nitrogens is 3. The van der Waals surface area contributed by atoms with Crippen molar-refractivity contribution in [3.05, 3.63) is 59.7 Å². The number of nitrogens with zero attached hydrogens (tertiary/aromatic N) is 4. The minimum atomic E-state index is -0.0621. The molecule has 1 aliphatic carbocycles. The van der Waals surface area contributed by atoms with Crippen LogP contribution in [0.4, 0.5) is 0 Å². The number of carbonyl (C=O) groups excluding carboxylic acids is 1. The Bertz CT molecular complexity index is 1020. The van der Waals surface area contributed by atoms with E-state index >= 15 is 0 Å². The van der Waals surface area contributed by atoms with Crippen LogP contribution < -0.4 is 4.74 Å². The number of benzene rings is 1. The molecule has 3 heterocycles. The second-order valence-corrected chi connectivity index (χ2v) is 7.31. The summed E-state index contributed by atoms with van der Waals surface area (Å²) in [5, 5.41) is 4.09. The van der Waals surface area contributed by atoms with Crippen molar-refractivity contribution in [1.29, 1.82) is 0 Å². The van der Waals surface area contributed by atoms with Gasteiger partial charge in [0, 0.05) is 17.8 Å². The van der Waals surface area contributed by atoms with Crippen LogP contribution in [-0.4, -0.2) is 45.1 Å². The van der Waals surface area contributed by atoms with Crippen molar-refractivity contribution >= 4 is 5.91 Å². The van der Waals surface area contributed by atoms with E-state index in [0.717, 1.165) is 29.9 Å². The predicted molar refractivity (Wildman–Crippen MR) is 101 cm³/mol. The van der Waals surface area contributed by atoms with Crippen LogP contribution in [0.2, 0.25) is 0 Å². The maximum absolute atomic E-state index is 12.6. The van der Waals surface area contributed by atoms with Gasteiger partial charge in [0.25, 0.3) is 11.8 Å². The first-order valence-electron chi connectivity index (χ1n) is 9.49. The molecule has 28 heavy (non-hydrogen) atoms. The van der Waals surface area contributed by atoms with Crippen LogP contribution in [0.3, 0.4) is 0 Å². The molecule has 1 saturated heterocycles.